The first-order valence-electron chi connectivity index (χ1n) is 4.80. The Bertz CT molecular complexity index is 339. The third-order valence-corrected chi connectivity index (χ3v) is 2.16. The van der Waals surface area contributed by atoms with Crippen molar-refractivity contribution in [1.29, 1.82) is 0 Å². The van der Waals surface area contributed by atoms with Gasteiger partial charge in [0.05, 0.1) is 12.7 Å². The minimum absolute atomic E-state index is 0.344. The third kappa shape index (κ3) is 4.27. The number of hydrogen-bond donors (Lipinski definition) is 2. The average Bonchev–Trinajstić information content (AvgIpc) is 2.17. The van der Waals surface area contributed by atoms with Crippen LogP contribution in [0.1, 0.15) is 18.9 Å². The Morgan fingerprint density at radius 3 is 2.93 bits per heavy atom. The number of benzene rings is 1. The second-order valence-electron chi connectivity index (χ2n) is 3.38. The fraction of sp³-hybridized carbons (Fsp3) is 0.364. The lowest BCUT2D eigenvalue weighted by Crippen LogP contribution is -2.10. The molecule has 1 aromatic rings. The van der Waals surface area contributed by atoms with Crippen molar-refractivity contribution in [1.82, 2.24) is 0 Å². The molecule has 0 saturated heterocycles. The zero-order valence-corrected chi connectivity index (χ0v) is 9.46. The summed E-state index contributed by atoms with van der Waals surface area (Å²) in [5.74, 6) is 0.723. The number of hydrogen-bond acceptors (Lipinski definition) is 3. The molecular formula is C11H15NO2S. The third-order valence-electron chi connectivity index (χ3n) is 1.92. The Balaban J connectivity index is 2.54. The van der Waals surface area contributed by atoms with Gasteiger partial charge in [0.1, 0.15) is 10.7 Å². The van der Waals surface area contributed by atoms with Crippen molar-refractivity contribution >= 4 is 17.2 Å². The Morgan fingerprint density at radius 1 is 1.60 bits per heavy atom. The van der Waals surface area contributed by atoms with Crippen LogP contribution in [-0.4, -0.2) is 22.8 Å². The maximum Gasteiger partial charge on any atom is 0.119 e. The van der Waals surface area contributed by atoms with Crippen molar-refractivity contribution in [3.8, 4) is 5.75 Å². The lowest BCUT2D eigenvalue weighted by Gasteiger charge is -2.08. The van der Waals surface area contributed by atoms with Crippen LogP contribution in [0, 0.1) is 0 Å². The molecule has 0 radical (unpaired) electrons. The molecule has 1 aromatic carbocycles. The van der Waals surface area contributed by atoms with Crippen LogP contribution in [0.4, 0.5) is 0 Å². The first kappa shape index (κ1) is 11.9. The standard InChI is InChI=1S/C11H15NO2S/c1-8(13)5-6-14-10-4-2-3-9(7-10)11(12)15/h2-4,7-8,13H,5-6H2,1H3,(H2,12,15). The van der Waals surface area contributed by atoms with Gasteiger partial charge in [-0.15, -0.1) is 0 Å². The molecule has 0 heterocycles. The van der Waals surface area contributed by atoms with Crippen molar-refractivity contribution in [3.63, 3.8) is 0 Å². The second kappa shape index (κ2) is 5.68. The van der Waals surface area contributed by atoms with E-state index in [1.807, 2.05) is 18.2 Å². The van der Waals surface area contributed by atoms with Crippen LogP contribution in [0.15, 0.2) is 24.3 Å². The molecule has 82 valence electrons. The number of ether oxygens (including phenoxy) is 1. The molecule has 0 aliphatic heterocycles. The van der Waals surface area contributed by atoms with E-state index in [9.17, 15) is 0 Å². The zero-order valence-electron chi connectivity index (χ0n) is 8.64. The van der Waals surface area contributed by atoms with Crippen LogP contribution in [-0.2, 0) is 0 Å². The molecule has 0 fully saturated rings. The molecule has 0 amide bonds. The Labute approximate surface area is 94.9 Å². The Kier molecular flexibility index (Phi) is 4.52. The lowest BCUT2D eigenvalue weighted by atomic mass is 10.2. The summed E-state index contributed by atoms with van der Waals surface area (Å²) in [5, 5.41) is 9.05. The van der Waals surface area contributed by atoms with Gasteiger partial charge in [0.2, 0.25) is 0 Å². The number of aliphatic hydroxyl groups is 1. The summed E-state index contributed by atoms with van der Waals surface area (Å²) in [4.78, 5) is 0.357. The van der Waals surface area contributed by atoms with E-state index in [0.29, 0.717) is 18.0 Å². The van der Waals surface area contributed by atoms with E-state index in [1.165, 1.54) is 0 Å². The zero-order chi connectivity index (χ0) is 11.3. The quantitative estimate of drug-likeness (QED) is 0.745. The highest BCUT2D eigenvalue weighted by atomic mass is 32.1. The van der Waals surface area contributed by atoms with Gasteiger partial charge in [0, 0.05) is 12.0 Å². The molecule has 0 aliphatic rings. The van der Waals surface area contributed by atoms with Crippen LogP contribution in [0.3, 0.4) is 0 Å². The maximum absolute atomic E-state index is 9.05. The molecule has 1 rings (SSSR count). The largest absolute Gasteiger partial charge is 0.493 e. The molecule has 1 atom stereocenters. The lowest BCUT2D eigenvalue weighted by molar-refractivity contribution is 0.155. The van der Waals surface area contributed by atoms with Gasteiger partial charge < -0.3 is 15.6 Å². The summed E-state index contributed by atoms with van der Waals surface area (Å²) in [6.07, 6.45) is 0.265. The summed E-state index contributed by atoms with van der Waals surface area (Å²) in [6, 6.07) is 7.31. The predicted molar refractivity (Wildman–Crippen MR) is 64.1 cm³/mol. The van der Waals surface area contributed by atoms with E-state index in [1.54, 1.807) is 13.0 Å². The van der Waals surface area contributed by atoms with Gasteiger partial charge in [-0.3, -0.25) is 0 Å². The van der Waals surface area contributed by atoms with E-state index in [2.05, 4.69) is 0 Å². The number of rotatable bonds is 5. The first-order chi connectivity index (χ1) is 7.09. The van der Waals surface area contributed by atoms with Gasteiger partial charge in [-0.05, 0) is 19.1 Å². The van der Waals surface area contributed by atoms with Crippen LogP contribution < -0.4 is 10.5 Å². The van der Waals surface area contributed by atoms with Gasteiger partial charge in [0.25, 0.3) is 0 Å². The van der Waals surface area contributed by atoms with E-state index >= 15 is 0 Å². The molecule has 0 aliphatic carbocycles. The van der Waals surface area contributed by atoms with Crippen molar-refractivity contribution in [2.75, 3.05) is 6.61 Å². The summed E-state index contributed by atoms with van der Waals surface area (Å²) in [5.41, 5.74) is 6.29. The van der Waals surface area contributed by atoms with Gasteiger partial charge in [-0.25, -0.2) is 0 Å². The van der Waals surface area contributed by atoms with Gasteiger partial charge in [0.15, 0.2) is 0 Å². The van der Waals surface area contributed by atoms with E-state index in [0.717, 1.165) is 11.3 Å². The highest BCUT2D eigenvalue weighted by molar-refractivity contribution is 7.80. The van der Waals surface area contributed by atoms with E-state index in [-0.39, 0.29) is 6.10 Å². The first-order valence-corrected chi connectivity index (χ1v) is 5.21. The highest BCUT2D eigenvalue weighted by Crippen LogP contribution is 2.13. The van der Waals surface area contributed by atoms with Crippen LogP contribution in [0.2, 0.25) is 0 Å². The van der Waals surface area contributed by atoms with Crippen LogP contribution in [0.25, 0.3) is 0 Å². The molecule has 0 bridgehead atoms. The van der Waals surface area contributed by atoms with Crippen molar-refractivity contribution < 1.29 is 9.84 Å². The van der Waals surface area contributed by atoms with Gasteiger partial charge in [-0.1, -0.05) is 24.4 Å². The van der Waals surface area contributed by atoms with Crippen molar-refractivity contribution in [3.05, 3.63) is 29.8 Å². The Hall–Kier alpha value is -1.13. The Morgan fingerprint density at radius 2 is 2.33 bits per heavy atom. The molecule has 0 saturated carbocycles. The smallest absolute Gasteiger partial charge is 0.119 e. The fourth-order valence-electron chi connectivity index (χ4n) is 1.09. The van der Waals surface area contributed by atoms with Gasteiger partial charge in [-0.2, -0.15) is 0 Å². The van der Waals surface area contributed by atoms with Gasteiger partial charge >= 0.3 is 0 Å². The summed E-state index contributed by atoms with van der Waals surface area (Å²) in [7, 11) is 0. The monoisotopic (exact) mass is 225 g/mol. The molecular weight excluding hydrogens is 210 g/mol. The van der Waals surface area contributed by atoms with Crippen LogP contribution in [0.5, 0.6) is 5.75 Å². The maximum atomic E-state index is 9.05. The highest BCUT2D eigenvalue weighted by Gasteiger charge is 2.00. The minimum Gasteiger partial charge on any atom is -0.493 e. The molecule has 3 N–H and O–H groups in total. The van der Waals surface area contributed by atoms with Crippen LogP contribution >= 0.6 is 12.2 Å². The number of aliphatic hydroxyl groups excluding tert-OH is 1. The SMILES string of the molecule is CC(O)CCOc1cccc(C(N)=S)c1. The van der Waals surface area contributed by atoms with Crippen molar-refractivity contribution in [2.45, 2.75) is 19.4 Å². The summed E-state index contributed by atoms with van der Waals surface area (Å²) >= 11 is 4.86. The normalized spacial score (nSPS) is 12.1. The molecule has 0 aromatic heterocycles. The molecule has 1 unspecified atom stereocenters. The average molecular weight is 225 g/mol. The topological polar surface area (TPSA) is 55.5 Å². The molecule has 3 nitrogen and oxygen atoms in total. The summed E-state index contributed by atoms with van der Waals surface area (Å²) in [6.45, 7) is 2.22. The van der Waals surface area contributed by atoms with E-state index in [4.69, 9.17) is 27.8 Å². The molecule has 15 heavy (non-hydrogen) atoms. The minimum atomic E-state index is -0.344. The fourth-order valence-corrected chi connectivity index (χ4v) is 1.21. The second-order valence-corrected chi connectivity index (χ2v) is 3.82. The van der Waals surface area contributed by atoms with E-state index < -0.39 is 0 Å². The number of nitrogens with two attached hydrogens (primary N) is 1. The number of thiocarbonyl (C=S) groups is 1. The summed E-state index contributed by atoms with van der Waals surface area (Å²) < 4.78 is 5.43. The van der Waals surface area contributed by atoms with Crippen molar-refractivity contribution in [2.24, 2.45) is 5.73 Å². The molecule has 4 heteroatoms. The predicted octanol–water partition coefficient (Wildman–Crippen LogP) is 1.47. The molecule has 0 spiro atoms.